The van der Waals surface area contributed by atoms with Crippen LogP contribution in [-0.4, -0.2) is 49.8 Å². The van der Waals surface area contributed by atoms with Crippen molar-refractivity contribution >= 4 is 21.7 Å². The highest BCUT2D eigenvalue weighted by atomic mass is 32.2. The van der Waals surface area contributed by atoms with Crippen LogP contribution in [0, 0.1) is 11.7 Å². The van der Waals surface area contributed by atoms with Gasteiger partial charge in [0.1, 0.15) is 11.6 Å². The van der Waals surface area contributed by atoms with Crippen molar-refractivity contribution in [2.75, 3.05) is 24.7 Å². The van der Waals surface area contributed by atoms with E-state index in [1.807, 2.05) is 0 Å². The van der Waals surface area contributed by atoms with Crippen molar-refractivity contribution < 1.29 is 27.1 Å². The number of benzene rings is 2. The largest absolute Gasteiger partial charge is 0.493 e. The van der Waals surface area contributed by atoms with E-state index in [1.165, 1.54) is 11.0 Å². The zero-order valence-electron chi connectivity index (χ0n) is 19.3. The molecule has 1 aliphatic heterocycles. The van der Waals surface area contributed by atoms with Gasteiger partial charge in [-0.25, -0.2) is 12.8 Å². The first-order valence-electron chi connectivity index (χ1n) is 11.8. The summed E-state index contributed by atoms with van der Waals surface area (Å²) in [4.78, 5) is 26.0. The summed E-state index contributed by atoms with van der Waals surface area (Å²) in [6.45, 7) is 2.59. The molecule has 0 radical (unpaired) electrons. The molecule has 8 heteroatoms. The molecule has 1 atom stereocenters. The van der Waals surface area contributed by atoms with Crippen LogP contribution < -0.4 is 4.74 Å². The van der Waals surface area contributed by atoms with Crippen LogP contribution in [0.15, 0.2) is 42.5 Å². The number of amides is 2. The van der Waals surface area contributed by atoms with Gasteiger partial charge in [0.15, 0.2) is 9.84 Å². The highest BCUT2D eigenvalue weighted by Crippen LogP contribution is 2.31. The minimum Gasteiger partial charge on any atom is -0.493 e. The lowest BCUT2D eigenvalue weighted by Crippen LogP contribution is -2.30. The van der Waals surface area contributed by atoms with Crippen molar-refractivity contribution in [2.24, 2.45) is 5.92 Å². The van der Waals surface area contributed by atoms with Crippen molar-refractivity contribution in [3.05, 3.63) is 65.0 Å². The molecule has 2 aliphatic rings. The Bertz CT molecular complexity index is 1140. The van der Waals surface area contributed by atoms with Gasteiger partial charge >= 0.3 is 0 Å². The van der Waals surface area contributed by atoms with Crippen LogP contribution in [0.3, 0.4) is 0 Å². The molecule has 0 N–H and O–H groups in total. The number of sulfone groups is 1. The molecule has 1 saturated carbocycles. The summed E-state index contributed by atoms with van der Waals surface area (Å²) in [5.74, 6) is -0.535. The van der Waals surface area contributed by atoms with Gasteiger partial charge in [0.25, 0.3) is 11.8 Å². The first-order chi connectivity index (χ1) is 16.2. The van der Waals surface area contributed by atoms with Crippen LogP contribution in [-0.2, 0) is 9.84 Å². The third-order valence-electron chi connectivity index (χ3n) is 6.40. The quantitative estimate of drug-likeness (QED) is 0.323. The molecule has 0 bridgehead atoms. The summed E-state index contributed by atoms with van der Waals surface area (Å²) in [6.07, 6.45) is 3.83. The predicted octanol–water partition coefficient (Wildman–Crippen LogP) is 4.60. The van der Waals surface area contributed by atoms with Gasteiger partial charge in [-0.2, -0.15) is 0 Å². The number of fused-ring (bicyclic) bond motifs is 1. The Kier molecular flexibility index (Phi) is 7.36. The van der Waals surface area contributed by atoms with Crippen LogP contribution in [0.5, 0.6) is 5.75 Å². The molecule has 1 heterocycles. The van der Waals surface area contributed by atoms with Gasteiger partial charge in [-0.05, 0) is 73.4 Å². The molecule has 1 aliphatic carbocycles. The number of ether oxygens (including phenoxy) is 1. The Balaban J connectivity index is 1.23. The van der Waals surface area contributed by atoms with Gasteiger partial charge in [0.2, 0.25) is 0 Å². The molecule has 4 rings (SSSR count). The van der Waals surface area contributed by atoms with Gasteiger partial charge < -0.3 is 4.74 Å². The molecule has 182 valence electrons. The number of imide groups is 1. The number of rotatable bonds is 12. The Morgan fingerprint density at radius 2 is 1.71 bits per heavy atom. The fraction of sp³-hybridized carbons (Fsp3) is 0.462. The monoisotopic (exact) mass is 487 g/mol. The third-order valence-corrected chi connectivity index (χ3v) is 8.32. The normalized spacial score (nSPS) is 16.6. The Morgan fingerprint density at radius 1 is 1.03 bits per heavy atom. The van der Waals surface area contributed by atoms with E-state index in [2.05, 4.69) is 0 Å². The lowest BCUT2D eigenvalue weighted by Gasteiger charge is -2.16. The third kappa shape index (κ3) is 5.84. The van der Waals surface area contributed by atoms with Crippen LogP contribution >= 0.6 is 0 Å². The van der Waals surface area contributed by atoms with E-state index >= 15 is 0 Å². The fourth-order valence-electron chi connectivity index (χ4n) is 4.25. The van der Waals surface area contributed by atoms with E-state index < -0.39 is 21.6 Å². The highest BCUT2D eigenvalue weighted by Gasteiger charge is 2.34. The predicted molar refractivity (Wildman–Crippen MR) is 127 cm³/mol. The molecule has 0 aromatic heterocycles. The molecule has 2 amide bonds. The Hall–Kier alpha value is -2.74. The van der Waals surface area contributed by atoms with Gasteiger partial charge in [-0.15, -0.1) is 0 Å². The van der Waals surface area contributed by atoms with Crippen molar-refractivity contribution in [1.29, 1.82) is 0 Å². The van der Waals surface area contributed by atoms with Crippen LogP contribution in [0.25, 0.3) is 0 Å². The van der Waals surface area contributed by atoms with Gasteiger partial charge in [-0.1, -0.05) is 25.5 Å². The van der Waals surface area contributed by atoms with Crippen molar-refractivity contribution in [3.8, 4) is 5.75 Å². The van der Waals surface area contributed by atoms with E-state index in [-0.39, 0.29) is 29.9 Å². The molecule has 6 nitrogen and oxygen atoms in total. The average Bonchev–Trinajstić information content (AvgIpc) is 3.60. The van der Waals surface area contributed by atoms with E-state index in [1.54, 1.807) is 43.3 Å². The van der Waals surface area contributed by atoms with E-state index in [0.717, 1.165) is 12.8 Å². The molecule has 2 aromatic rings. The summed E-state index contributed by atoms with van der Waals surface area (Å²) < 4.78 is 45.3. The summed E-state index contributed by atoms with van der Waals surface area (Å²) in [5, 5.41) is 0. The second kappa shape index (κ2) is 10.3. The number of nitrogens with zero attached hydrogens (tertiary/aromatic N) is 1. The summed E-state index contributed by atoms with van der Waals surface area (Å²) in [6, 6.07) is 11.3. The highest BCUT2D eigenvalue weighted by molar-refractivity contribution is 7.91. The lowest BCUT2D eigenvalue weighted by atomic mass is 10.0. The van der Waals surface area contributed by atoms with E-state index in [0.29, 0.717) is 54.2 Å². The Labute approximate surface area is 200 Å². The van der Waals surface area contributed by atoms with Crippen LogP contribution in [0.4, 0.5) is 4.39 Å². The van der Waals surface area contributed by atoms with Crippen molar-refractivity contribution in [2.45, 2.75) is 44.9 Å². The number of carbonyl (C=O) groups is 2. The number of halogens is 1. The van der Waals surface area contributed by atoms with Crippen molar-refractivity contribution in [3.63, 3.8) is 0 Å². The van der Waals surface area contributed by atoms with E-state index in [4.69, 9.17) is 4.74 Å². The topological polar surface area (TPSA) is 80.8 Å². The van der Waals surface area contributed by atoms with Gasteiger partial charge in [-0.3, -0.25) is 14.5 Å². The smallest absolute Gasteiger partial charge is 0.261 e. The summed E-state index contributed by atoms with van der Waals surface area (Å²) in [7, 11) is -3.39. The molecular formula is C26H30FNO5S. The molecule has 0 spiro atoms. The SMILES string of the molecule is C[C@H](CS(=O)(=O)CCCCCN1C(=O)c2ccccc2C1=O)c1cc(OCC2CC2)ccc1F. The zero-order chi connectivity index (χ0) is 24.3. The van der Waals surface area contributed by atoms with Gasteiger partial charge in [0, 0.05) is 6.54 Å². The van der Waals surface area contributed by atoms with Crippen LogP contribution in [0.1, 0.15) is 71.2 Å². The standard InChI is InChI=1S/C26H30FNO5S/c1-18(23-15-20(11-12-24(23)27)33-16-19-9-10-19)17-34(31,32)14-6-2-5-13-28-25(29)21-7-3-4-8-22(21)26(28)30/h3-4,7-8,11-12,15,18-19H,2,5-6,9-10,13-14,16-17H2,1H3/t18-/m1/s1. The second-order valence-electron chi connectivity index (χ2n) is 9.32. The van der Waals surface area contributed by atoms with Gasteiger partial charge in [0.05, 0.1) is 29.2 Å². The first kappa shape index (κ1) is 24.4. The molecular weight excluding hydrogens is 457 g/mol. The fourth-order valence-corrected chi connectivity index (χ4v) is 6.00. The number of unbranched alkanes of at least 4 members (excludes halogenated alkanes) is 2. The van der Waals surface area contributed by atoms with Crippen LogP contribution in [0.2, 0.25) is 0 Å². The number of carbonyl (C=O) groups excluding carboxylic acids is 2. The minimum atomic E-state index is -3.39. The average molecular weight is 488 g/mol. The molecule has 1 fully saturated rings. The first-order valence-corrected chi connectivity index (χ1v) is 13.6. The maximum Gasteiger partial charge on any atom is 0.261 e. The van der Waals surface area contributed by atoms with Crippen molar-refractivity contribution in [1.82, 2.24) is 4.90 Å². The Morgan fingerprint density at radius 3 is 2.35 bits per heavy atom. The number of hydrogen-bond acceptors (Lipinski definition) is 5. The summed E-state index contributed by atoms with van der Waals surface area (Å²) >= 11 is 0. The molecule has 2 aromatic carbocycles. The molecule has 34 heavy (non-hydrogen) atoms. The summed E-state index contributed by atoms with van der Waals surface area (Å²) in [5.41, 5.74) is 1.18. The maximum absolute atomic E-state index is 14.4. The maximum atomic E-state index is 14.4. The van der Waals surface area contributed by atoms with E-state index in [9.17, 15) is 22.4 Å². The molecule has 0 saturated heterocycles. The second-order valence-corrected chi connectivity index (χ2v) is 11.6. The molecule has 0 unspecified atom stereocenters. The number of hydrogen-bond donors (Lipinski definition) is 0. The minimum absolute atomic E-state index is 0.0149. The zero-order valence-corrected chi connectivity index (χ0v) is 20.2. The lowest BCUT2D eigenvalue weighted by molar-refractivity contribution is 0.0651.